The van der Waals surface area contributed by atoms with Crippen LogP contribution >= 0.6 is 11.3 Å². The second kappa shape index (κ2) is 5.32. The molecule has 0 aliphatic heterocycles. The van der Waals surface area contributed by atoms with Gasteiger partial charge in [-0.05, 0) is 40.9 Å². The van der Waals surface area contributed by atoms with Crippen LogP contribution < -0.4 is 5.32 Å². The van der Waals surface area contributed by atoms with E-state index in [0.29, 0.717) is 6.04 Å². The number of anilines is 1. The molecule has 14 heavy (non-hydrogen) atoms. The highest BCUT2D eigenvalue weighted by molar-refractivity contribution is 7.13. The molecular weight excluding hydrogens is 194 g/mol. The Balaban J connectivity index is 2.30. The largest absolute Gasteiger partial charge is 0.359 e. The minimum Gasteiger partial charge on any atom is -0.359 e. The summed E-state index contributed by atoms with van der Waals surface area (Å²) in [4.78, 5) is 6.57. The second-order valence-corrected chi connectivity index (χ2v) is 4.79. The fourth-order valence-electron chi connectivity index (χ4n) is 1.16. The number of rotatable bonds is 5. The molecule has 1 atom stereocenters. The summed E-state index contributed by atoms with van der Waals surface area (Å²) in [5.74, 6) is 0. The van der Waals surface area contributed by atoms with E-state index in [1.807, 2.05) is 6.92 Å². The van der Waals surface area contributed by atoms with E-state index in [9.17, 15) is 0 Å². The molecule has 0 saturated carbocycles. The molecular formula is C10H19N3S. The van der Waals surface area contributed by atoms with Gasteiger partial charge in [-0.1, -0.05) is 0 Å². The quantitative estimate of drug-likeness (QED) is 0.813. The number of aryl methyl sites for hydroxylation is 1. The Kier molecular flexibility index (Phi) is 4.35. The van der Waals surface area contributed by atoms with Crippen molar-refractivity contribution in [2.24, 2.45) is 0 Å². The molecule has 1 rings (SSSR count). The summed E-state index contributed by atoms with van der Waals surface area (Å²) in [6.07, 6.45) is 1.14. The molecule has 80 valence electrons. The first-order valence-corrected chi connectivity index (χ1v) is 5.79. The smallest absolute Gasteiger partial charge is 0.183 e. The molecule has 0 aliphatic carbocycles. The molecule has 0 aliphatic rings. The topological polar surface area (TPSA) is 28.2 Å². The minimum absolute atomic E-state index is 0.489. The monoisotopic (exact) mass is 213 g/mol. The maximum absolute atomic E-state index is 4.37. The van der Waals surface area contributed by atoms with Crippen molar-refractivity contribution >= 4 is 16.5 Å². The highest BCUT2D eigenvalue weighted by Crippen LogP contribution is 2.15. The number of nitrogens with zero attached hydrogens (tertiary/aromatic N) is 2. The van der Waals surface area contributed by atoms with Gasteiger partial charge in [0.25, 0.3) is 0 Å². The van der Waals surface area contributed by atoms with E-state index >= 15 is 0 Å². The Hall–Kier alpha value is -0.610. The van der Waals surface area contributed by atoms with Gasteiger partial charge in [-0.3, -0.25) is 0 Å². The highest BCUT2D eigenvalue weighted by Gasteiger charge is 2.04. The van der Waals surface area contributed by atoms with Crippen LogP contribution in [-0.2, 0) is 0 Å². The number of aromatic nitrogens is 1. The third kappa shape index (κ3) is 4.07. The van der Waals surface area contributed by atoms with Crippen LogP contribution in [-0.4, -0.2) is 36.6 Å². The predicted octanol–water partition coefficient (Wildman–Crippen LogP) is 2.20. The Morgan fingerprint density at radius 3 is 2.79 bits per heavy atom. The van der Waals surface area contributed by atoms with E-state index in [1.165, 1.54) is 0 Å². The lowest BCUT2D eigenvalue weighted by Crippen LogP contribution is -2.22. The van der Waals surface area contributed by atoms with E-state index in [2.05, 4.69) is 41.6 Å². The molecule has 1 unspecified atom stereocenters. The number of nitrogens with one attached hydrogen (secondary N) is 1. The molecule has 1 aromatic rings. The van der Waals surface area contributed by atoms with Crippen molar-refractivity contribution in [2.45, 2.75) is 26.3 Å². The van der Waals surface area contributed by atoms with Crippen molar-refractivity contribution < 1.29 is 0 Å². The lowest BCUT2D eigenvalue weighted by molar-refractivity contribution is 0.390. The third-order valence-electron chi connectivity index (χ3n) is 2.00. The van der Waals surface area contributed by atoms with Crippen LogP contribution in [0.15, 0.2) is 5.38 Å². The van der Waals surface area contributed by atoms with Gasteiger partial charge in [-0.15, -0.1) is 11.3 Å². The first-order chi connectivity index (χ1) is 6.58. The number of hydrogen-bond acceptors (Lipinski definition) is 4. The summed E-state index contributed by atoms with van der Waals surface area (Å²) in [5.41, 5.74) is 1.09. The third-order valence-corrected chi connectivity index (χ3v) is 2.89. The Morgan fingerprint density at radius 2 is 2.29 bits per heavy atom. The molecule has 0 fully saturated rings. The lowest BCUT2D eigenvalue weighted by Gasteiger charge is -2.15. The van der Waals surface area contributed by atoms with Gasteiger partial charge in [0, 0.05) is 11.4 Å². The summed E-state index contributed by atoms with van der Waals surface area (Å²) in [6, 6.07) is 0.489. The summed E-state index contributed by atoms with van der Waals surface area (Å²) < 4.78 is 0. The maximum atomic E-state index is 4.37. The van der Waals surface area contributed by atoms with Crippen LogP contribution in [0.4, 0.5) is 5.13 Å². The van der Waals surface area contributed by atoms with Crippen molar-refractivity contribution in [2.75, 3.05) is 26.0 Å². The molecule has 0 aromatic carbocycles. The van der Waals surface area contributed by atoms with Gasteiger partial charge in [0.05, 0.1) is 5.69 Å². The number of thiazole rings is 1. The Bertz CT molecular complexity index is 270. The van der Waals surface area contributed by atoms with Crippen LogP contribution in [0.5, 0.6) is 0 Å². The SMILES string of the molecule is Cc1csc(NC(C)CCN(C)C)n1. The first-order valence-electron chi connectivity index (χ1n) is 4.91. The fourth-order valence-corrected chi connectivity index (χ4v) is 1.96. The zero-order chi connectivity index (χ0) is 10.6. The van der Waals surface area contributed by atoms with E-state index < -0.39 is 0 Å². The van der Waals surface area contributed by atoms with Gasteiger partial charge in [-0.25, -0.2) is 4.98 Å². The molecule has 0 spiro atoms. The van der Waals surface area contributed by atoms with Crippen LogP contribution in [0.2, 0.25) is 0 Å². The maximum Gasteiger partial charge on any atom is 0.183 e. The Labute approximate surface area is 90.2 Å². The summed E-state index contributed by atoms with van der Waals surface area (Å²) in [6.45, 7) is 5.32. The molecule has 0 radical (unpaired) electrons. The molecule has 3 nitrogen and oxygen atoms in total. The zero-order valence-corrected chi connectivity index (χ0v) is 10.2. The summed E-state index contributed by atoms with van der Waals surface area (Å²) >= 11 is 1.68. The van der Waals surface area contributed by atoms with Crippen LogP contribution in [0.3, 0.4) is 0 Å². The van der Waals surface area contributed by atoms with Crippen molar-refractivity contribution in [1.29, 1.82) is 0 Å². The average Bonchev–Trinajstić information content (AvgIpc) is 2.48. The zero-order valence-electron chi connectivity index (χ0n) is 9.37. The van der Waals surface area contributed by atoms with Crippen molar-refractivity contribution in [1.82, 2.24) is 9.88 Å². The van der Waals surface area contributed by atoms with Gasteiger partial charge in [0.1, 0.15) is 0 Å². The average molecular weight is 213 g/mol. The summed E-state index contributed by atoms with van der Waals surface area (Å²) in [7, 11) is 4.19. The minimum atomic E-state index is 0.489. The molecule has 4 heteroatoms. The molecule has 0 bridgehead atoms. The molecule has 0 amide bonds. The molecule has 0 saturated heterocycles. The standard InChI is InChI=1S/C10H19N3S/c1-8(5-6-13(3)4)11-10-12-9(2)7-14-10/h7-8H,5-6H2,1-4H3,(H,11,12). The molecule has 1 heterocycles. The van der Waals surface area contributed by atoms with Crippen LogP contribution in [0.25, 0.3) is 0 Å². The van der Waals surface area contributed by atoms with Gasteiger partial charge in [0.15, 0.2) is 5.13 Å². The number of hydrogen-bond donors (Lipinski definition) is 1. The molecule has 1 N–H and O–H groups in total. The summed E-state index contributed by atoms with van der Waals surface area (Å²) in [5, 5.41) is 6.51. The van der Waals surface area contributed by atoms with Crippen LogP contribution in [0, 0.1) is 6.92 Å². The van der Waals surface area contributed by atoms with E-state index in [1.54, 1.807) is 11.3 Å². The van der Waals surface area contributed by atoms with E-state index in [4.69, 9.17) is 0 Å². The van der Waals surface area contributed by atoms with Crippen LogP contribution in [0.1, 0.15) is 19.0 Å². The fraction of sp³-hybridized carbons (Fsp3) is 0.700. The van der Waals surface area contributed by atoms with Gasteiger partial charge in [-0.2, -0.15) is 0 Å². The van der Waals surface area contributed by atoms with Gasteiger partial charge >= 0.3 is 0 Å². The van der Waals surface area contributed by atoms with Crippen molar-refractivity contribution in [3.63, 3.8) is 0 Å². The Morgan fingerprint density at radius 1 is 1.57 bits per heavy atom. The first kappa shape index (κ1) is 11.5. The van der Waals surface area contributed by atoms with Crippen molar-refractivity contribution in [3.05, 3.63) is 11.1 Å². The van der Waals surface area contributed by atoms with Crippen molar-refractivity contribution in [3.8, 4) is 0 Å². The second-order valence-electron chi connectivity index (χ2n) is 3.93. The lowest BCUT2D eigenvalue weighted by atomic mass is 10.2. The highest BCUT2D eigenvalue weighted by atomic mass is 32.1. The van der Waals surface area contributed by atoms with E-state index in [0.717, 1.165) is 23.8 Å². The normalized spacial score (nSPS) is 13.2. The van der Waals surface area contributed by atoms with Gasteiger partial charge in [0.2, 0.25) is 0 Å². The van der Waals surface area contributed by atoms with Gasteiger partial charge < -0.3 is 10.2 Å². The van der Waals surface area contributed by atoms with E-state index in [-0.39, 0.29) is 0 Å². The predicted molar refractivity (Wildman–Crippen MR) is 63.1 cm³/mol. The molecule has 1 aromatic heterocycles.